The molecule has 0 aliphatic rings. The van der Waals surface area contributed by atoms with Crippen LogP contribution in [0.3, 0.4) is 0 Å². The average Bonchev–Trinajstić information content (AvgIpc) is 3.99. The number of aromatic amines is 1. The maximum absolute atomic E-state index is 14.4. The number of nitrogens with zero attached hydrogens (tertiary/aromatic N) is 5. The Hall–Kier alpha value is -6.97. The lowest BCUT2D eigenvalue weighted by molar-refractivity contribution is -0.134. The van der Waals surface area contributed by atoms with Gasteiger partial charge in [0, 0.05) is 44.4 Å². The Kier molecular flexibility index (Phi) is 12.9. The molecule has 3 aromatic carbocycles. The predicted molar refractivity (Wildman–Crippen MR) is 211 cm³/mol. The van der Waals surface area contributed by atoms with Crippen molar-refractivity contribution in [1.29, 1.82) is 0 Å². The zero-order valence-electron chi connectivity index (χ0n) is 32.0. The van der Waals surface area contributed by atoms with E-state index >= 15 is 0 Å². The number of methoxy groups -OCH3 is 1. The molecule has 3 amide bonds. The molecular weight excluding hydrogens is 729 g/mol. The molecule has 0 spiro atoms. The van der Waals surface area contributed by atoms with Crippen molar-refractivity contribution in [2.24, 2.45) is 5.73 Å². The van der Waals surface area contributed by atoms with Gasteiger partial charge in [0.2, 0.25) is 11.8 Å². The predicted octanol–water partition coefficient (Wildman–Crippen LogP) is 4.53. The van der Waals surface area contributed by atoms with E-state index in [0.29, 0.717) is 42.6 Å². The molecule has 0 bridgehead atoms. The van der Waals surface area contributed by atoms with Crippen LogP contribution >= 0.6 is 0 Å². The number of rotatable bonds is 18. The third-order valence-corrected chi connectivity index (χ3v) is 9.60. The number of hydrogen-bond donors (Lipinski definition) is 5. The molecular formula is C41H46N10O6. The van der Waals surface area contributed by atoms with Crippen LogP contribution in [0.25, 0.3) is 11.1 Å². The minimum atomic E-state index is -1.29. The van der Waals surface area contributed by atoms with Crippen LogP contribution in [-0.4, -0.2) is 66.8 Å². The molecule has 7 N–H and O–H groups in total. The number of nitrogen functional groups attached to an aromatic ring is 1. The SMILES string of the molecule is COc1cc(C)c(CC(NC(=O)C(CCCn2ccnc2N)OC(N)=O)C(=O)N[C@@H](Cc2c[nH]cn2)c2nc(Cc3ccc(-c4ccccc4)cc3)no2)c(C)c1. The first-order valence-electron chi connectivity index (χ1n) is 18.5. The van der Waals surface area contributed by atoms with Gasteiger partial charge in [0.05, 0.1) is 19.1 Å². The van der Waals surface area contributed by atoms with Gasteiger partial charge in [0.25, 0.3) is 5.91 Å². The lowest BCUT2D eigenvalue weighted by Gasteiger charge is -2.25. The number of aromatic nitrogens is 6. The largest absolute Gasteiger partial charge is 0.497 e. The Labute approximate surface area is 329 Å². The summed E-state index contributed by atoms with van der Waals surface area (Å²) in [6.07, 6.45) is 5.27. The molecule has 3 aromatic heterocycles. The van der Waals surface area contributed by atoms with Crippen LogP contribution < -0.4 is 26.8 Å². The van der Waals surface area contributed by atoms with Crippen LogP contribution in [0.2, 0.25) is 0 Å². The number of imidazole rings is 2. The van der Waals surface area contributed by atoms with Gasteiger partial charge < -0.3 is 45.6 Å². The number of nitrogens with two attached hydrogens (primary N) is 2. The number of primary amides is 1. The van der Waals surface area contributed by atoms with Crippen molar-refractivity contribution < 1.29 is 28.4 Å². The Morgan fingerprint density at radius 3 is 2.33 bits per heavy atom. The smallest absolute Gasteiger partial charge is 0.405 e. The molecule has 0 saturated carbocycles. The normalized spacial score (nSPS) is 12.7. The highest BCUT2D eigenvalue weighted by Gasteiger charge is 2.32. The molecule has 0 aliphatic heterocycles. The van der Waals surface area contributed by atoms with E-state index in [4.69, 9.17) is 25.5 Å². The van der Waals surface area contributed by atoms with Gasteiger partial charge in [0.1, 0.15) is 17.8 Å². The molecule has 16 nitrogen and oxygen atoms in total. The van der Waals surface area contributed by atoms with Crippen molar-refractivity contribution in [3.63, 3.8) is 0 Å². The quantitative estimate of drug-likeness (QED) is 0.0815. The number of nitrogens with one attached hydrogen (secondary N) is 3. The fourth-order valence-corrected chi connectivity index (χ4v) is 6.63. The van der Waals surface area contributed by atoms with Gasteiger partial charge in [-0.15, -0.1) is 0 Å². The van der Waals surface area contributed by atoms with Crippen LogP contribution in [-0.2, 0) is 40.1 Å². The summed E-state index contributed by atoms with van der Waals surface area (Å²) >= 11 is 0. The van der Waals surface area contributed by atoms with Gasteiger partial charge in [-0.25, -0.2) is 14.8 Å². The standard InChI is InChI=1S/C41H46N10O6/c1-25-18-31(55-3)19-26(2)32(25)22-33(47-38(53)35(56-41(43)54)10-7-16-51-17-15-45-40(51)42)37(52)48-34(21-30-23-44-24-46-30)39-49-36(50-57-39)20-27-11-13-29(14-12-27)28-8-5-4-6-9-28/h4-6,8-9,11-15,17-19,23-24,33-35H,7,10,16,20-22H2,1-3H3,(H2,42,45)(H2,43,54)(H,44,46)(H,47,53)(H,48,52)/t33?,34-,35?/m0/s1. The van der Waals surface area contributed by atoms with E-state index in [-0.39, 0.29) is 25.2 Å². The van der Waals surface area contributed by atoms with Crippen molar-refractivity contribution in [1.82, 2.24) is 40.3 Å². The number of amides is 3. The number of benzene rings is 3. The maximum Gasteiger partial charge on any atom is 0.405 e. The molecule has 3 atom stereocenters. The zero-order chi connectivity index (χ0) is 40.3. The Bertz CT molecular complexity index is 2230. The van der Waals surface area contributed by atoms with E-state index in [0.717, 1.165) is 33.4 Å². The Morgan fingerprint density at radius 2 is 1.68 bits per heavy atom. The van der Waals surface area contributed by atoms with Crippen LogP contribution in [0, 0.1) is 13.8 Å². The third-order valence-electron chi connectivity index (χ3n) is 9.60. The highest BCUT2D eigenvalue weighted by Crippen LogP contribution is 2.25. The summed E-state index contributed by atoms with van der Waals surface area (Å²) in [6.45, 7) is 4.21. The number of aryl methyl sites for hydroxylation is 3. The lowest BCUT2D eigenvalue weighted by Crippen LogP contribution is -2.52. The first-order valence-corrected chi connectivity index (χ1v) is 18.5. The third kappa shape index (κ3) is 10.6. The van der Waals surface area contributed by atoms with E-state index in [9.17, 15) is 14.4 Å². The highest BCUT2D eigenvalue weighted by molar-refractivity contribution is 5.90. The van der Waals surface area contributed by atoms with Gasteiger partial charge in [-0.1, -0.05) is 59.8 Å². The van der Waals surface area contributed by atoms with Gasteiger partial charge in [0.15, 0.2) is 17.9 Å². The Morgan fingerprint density at radius 1 is 0.947 bits per heavy atom. The van der Waals surface area contributed by atoms with E-state index in [1.807, 2.05) is 68.4 Å². The zero-order valence-corrected chi connectivity index (χ0v) is 32.0. The topological polar surface area (TPSA) is 231 Å². The monoisotopic (exact) mass is 774 g/mol. The van der Waals surface area contributed by atoms with E-state index < -0.39 is 36.1 Å². The summed E-state index contributed by atoms with van der Waals surface area (Å²) in [5, 5.41) is 10.1. The maximum atomic E-state index is 14.4. The second kappa shape index (κ2) is 18.6. The molecule has 0 radical (unpaired) electrons. The molecule has 0 aliphatic carbocycles. The average molecular weight is 775 g/mol. The van der Waals surface area contributed by atoms with Crippen molar-refractivity contribution in [2.75, 3.05) is 12.8 Å². The van der Waals surface area contributed by atoms with Crippen LogP contribution in [0.5, 0.6) is 5.75 Å². The van der Waals surface area contributed by atoms with Crippen LogP contribution in [0.15, 0.2) is 96.2 Å². The molecule has 2 unspecified atom stereocenters. The first kappa shape index (κ1) is 39.7. The van der Waals surface area contributed by atoms with Crippen molar-refractivity contribution >= 4 is 23.9 Å². The summed E-state index contributed by atoms with van der Waals surface area (Å²) in [5.74, 6) is 0.321. The second-order valence-electron chi connectivity index (χ2n) is 13.7. The fourth-order valence-electron chi connectivity index (χ4n) is 6.63. The van der Waals surface area contributed by atoms with E-state index in [1.165, 1.54) is 6.33 Å². The number of carbonyl (C=O) groups is 3. The van der Waals surface area contributed by atoms with Gasteiger partial charge >= 0.3 is 6.09 Å². The number of carbonyl (C=O) groups excluding carboxylic acids is 3. The van der Waals surface area contributed by atoms with Gasteiger partial charge in [-0.3, -0.25) is 9.59 Å². The molecule has 6 rings (SSSR count). The van der Waals surface area contributed by atoms with Crippen molar-refractivity contribution in [2.45, 2.75) is 70.7 Å². The second-order valence-corrected chi connectivity index (χ2v) is 13.7. The molecule has 296 valence electrons. The highest BCUT2D eigenvalue weighted by atomic mass is 16.6. The Balaban J connectivity index is 1.23. The minimum Gasteiger partial charge on any atom is -0.497 e. The summed E-state index contributed by atoms with van der Waals surface area (Å²) in [6, 6.07) is 19.9. The molecule has 16 heteroatoms. The summed E-state index contributed by atoms with van der Waals surface area (Å²) in [7, 11) is 1.58. The molecule has 57 heavy (non-hydrogen) atoms. The molecule has 6 aromatic rings. The first-order chi connectivity index (χ1) is 27.6. The summed E-state index contributed by atoms with van der Waals surface area (Å²) in [4.78, 5) is 56.2. The molecule has 0 saturated heterocycles. The van der Waals surface area contributed by atoms with E-state index in [2.05, 4.69) is 47.9 Å². The summed E-state index contributed by atoms with van der Waals surface area (Å²) in [5.41, 5.74) is 17.6. The fraction of sp³-hybridized carbons (Fsp3) is 0.293. The summed E-state index contributed by atoms with van der Waals surface area (Å²) < 4.78 is 18.1. The van der Waals surface area contributed by atoms with Gasteiger partial charge in [-0.2, -0.15) is 4.98 Å². The number of ether oxygens (including phenoxy) is 2. The lowest BCUT2D eigenvalue weighted by atomic mass is 9.95. The van der Waals surface area contributed by atoms with Crippen LogP contribution in [0.4, 0.5) is 10.7 Å². The molecule has 3 heterocycles. The molecule has 0 fully saturated rings. The van der Waals surface area contributed by atoms with Crippen molar-refractivity contribution in [3.05, 3.63) is 131 Å². The number of anilines is 1. The minimum absolute atomic E-state index is 0.0945. The van der Waals surface area contributed by atoms with Crippen molar-refractivity contribution in [3.8, 4) is 16.9 Å². The number of H-pyrrole nitrogens is 1. The van der Waals surface area contributed by atoms with Gasteiger partial charge in [-0.05, 0) is 72.2 Å². The van der Waals surface area contributed by atoms with Crippen LogP contribution in [0.1, 0.15) is 58.5 Å². The number of hydrogen-bond acceptors (Lipinski definition) is 11. The van der Waals surface area contributed by atoms with E-state index in [1.54, 1.807) is 30.3 Å².